The van der Waals surface area contributed by atoms with Gasteiger partial charge in [-0.3, -0.25) is 24.0 Å². The number of aromatic nitrogens is 3. The topological polar surface area (TPSA) is 223 Å². The molecular formula is C69H65ClN10O8S6. The Hall–Kier alpha value is -7.46. The molecule has 6 aromatic carbocycles. The predicted molar refractivity (Wildman–Crippen MR) is 382 cm³/mol. The molecule has 0 spiro atoms. The molecule has 9 heterocycles. The van der Waals surface area contributed by atoms with Crippen LogP contribution >= 0.6 is 82.2 Å². The number of aromatic amines is 3. The Labute approximate surface area is 573 Å². The minimum atomic E-state index is -0.230. The lowest BCUT2D eigenvalue weighted by molar-refractivity contribution is -0.117. The fourth-order valence-electron chi connectivity index (χ4n) is 11.3. The average molecular weight is 1390 g/mol. The monoisotopic (exact) mass is 1390 g/mol. The van der Waals surface area contributed by atoms with E-state index in [0.717, 1.165) is 146 Å². The third-order valence-corrected chi connectivity index (χ3v) is 23.8. The number of nitrogen functional groups attached to an aromatic ring is 1. The number of anilines is 6. The zero-order chi connectivity index (χ0) is 64.8. The summed E-state index contributed by atoms with van der Waals surface area (Å²) in [4.78, 5) is 92.3. The highest BCUT2D eigenvalue weighted by Gasteiger charge is 2.27. The molecule has 94 heavy (non-hydrogen) atoms. The molecule has 0 aliphatic carbocycles. The van der Waals surface area contributed by atoms with Gasteiger partial charge < -0.3 is 65.1 Å². The number of fused-ring (bicyclic) bond motifs is 6. The van der Waals surface area contributed by atoms with E-state index in [1.54, 1.807) is 88.8 Å². The summed E-state index contributed by atoms with van der Waals surface area (Å²) in [6, 6.07) is 47.6. The maximum absolute atomic E-state index is 12.5. The number of rotatable bonds is 11. The van der Waals surface area contributed by atoms with Crippen molar-refractivity contribution in [1.82, 2.24) is 19.9 Å². The Kier molecular flexibility index (Phi) is 20.6. The second kappa shape index (κ2) is 29.7. The van der Waals surface area contributed by atoms with Crippen LogP contribution in [0.3, 0.4) is 0 Å². The van der Waals surface area contributed by atoms with Crippen LogP contribution in [-0.2, 0) is 23.8 Å². The second-order valence-electron chi connectivity index (χ2n) is 22.7. The Balaban J connectivity index is 0.000000129. The van der Waals surface area contributed by atoms with E-state index in [9.17, 15) is 24.0 Å². The van der Waals surface area contributed by atoms with Crippen molar-refractivity contribution in [1.29, 1.82) is 0 Å². The Morgan fingerprint density at radius 3 is 1.16 bits per heavy atom. The number of likely N-dealkylation sites (N-methyl/N-ethyl adjacent to an activating group) is 1. The molecule has 25 heteroatoms. The van der Waals surface area contributed by atoms with Crippen LogP contribution in [0.2, 0.25) is 0 Å². The molecule has 2 amide bonds. The lowest BCUT2D eigenvalue weighted by Gasteiger charge is -2.29. The first-order valence-corrected chi connectivity index (χ1v) is 35.8. The lowest BCUT2D eigenvalue weighted by Crippen LogP contribution is -2.36. The number of ether oxygens (including phenoxy) is 3. The molecule has 3 saturated heterocycles. The maximum atomic E-state index is 12.5. The number of pyridine rings is 3. The third-order valence-electron chi connectivity index (χ3n) is 15.7. The van der Waals surface area contributed by atoms with Crippen LogP contribution in [0, 0.1) is 0 Å². The Bertz CT molecular complexity index is 4530. The zero-order valence-electron chi connectivity index (χ0n) is 51.2. The predicted octanol–water partition coefficient (Wildman–Crippen LogP) is 12.7. The fraction of sp³-hybridized carbons (Fsp3) is 0.232. The molecule has 9 aromatic rings. The molecule has 0 atom stereocenters. The van der Waals surface area contributed by atoms with Crippen LogP contribution in [0.1, 0.15) is 0 Å². The Morgan fingerprint density at radius 1 is 0.447 bits per heavy atom. The number of H-pyrrole nitrogens is 3. The van der Waals surface area contributed by atoms with Gasteiger partial charge in [0.2, 0.25) is 28.5 Å². The van der Waals surface area contributed by atoms with Gasteiger partial charge in [0.05, 0.1) is 63.3 Å². The van der Waals surface area contributed by atoms with Crippen LogP contribution in [0.15, 0.2) is 219 Å². The number of halogens is 1. The first-order valence-electron chi connectivity index (χ1n) is 30.4. The molecule has 482 valence electrons. The fourth-order valence-corrected chi connectivity index (χ4v) is 18.6. The van der Waals surface area contributed by atoms with E-state index >= 15 is 0 Å². The molecule has 3 aromatic heterocycles. The highest BCUT2D eigenvalue weighted by Crippen LogP contribution is 2.55. The highest BCUT2D eigenvalue weighted by molar-refractivity contribution is 8.06. The van der Waals surface area contributed by atoms with E-state index in [1.807, 2.05) is 97.9 Å². The summed E-state index contributed by atoms with van der Waals surface area (Å²) in [5.41, 5.74) is 16.2. The van der Waals surface area contributed by atoms with E-state index in [0.29, 0.717) is 46.2 Å². The summed E-state index contributed by atoms with van der Waals surface area (Å²) in [5, 5.41) is 5.77. The lowest BCUT2D eigenvalue weighted by atomic mass is 10.1. The van der Waals surface area contributed by atoms with Gasteiger partial charge in [-0.05, 0) is 105 Å². The van der Waals surface area contributed by atoms with Crippen molar-refractivity contribution >= 4 is 128 Å². The van der Waals surface area contributed by atoms with Crippen LogP contribution in [-0.4, -0.2) is 137 Å². The average Bonchev–Trinajstić information content (AvgIpc) is 0.800. The molecule has 0 radical (unpaired) electrons. The number of nitrogens with zero attached hydrogens (tertiary/aromatic N) is 4. The van der Waals surface area contributed by atoms with Gasteiger partial charge in [0.15, 0.2) is 0 Å². The van der Waals surface area contributed by atoms with Crippen LogP contribution in [0.4, 0.5) is 34.1 Å². The summed E-state index contributed by atoms with van der Waals surface area (Å²) in [6.07, 6.45) is 0. The molecule has 6 aliphatic heterocycles. The van der Waals surface area contributed by atoms with E-state index in [-0.39, 0.29) is 34.4 Å². The van der Waals surface area contributed by atoms with Crippen molar-refractivity contribution in [2.75, 3.05) is 136 Å². The van der Waals surface area contributed by atoms with Gasteiger partial charge in [0.1, 0.15) is 5.88 Å². The van der Waals surface area contributed by atoms with Crippen molar-refractivity contribution in [2.45, 2.75) is 58.7 Å². The third kappa shape index (κ3) is 15.4. The number of carbonyl (C=O) groups excluding carboxylic acids is 2. The first kappa shape index (κ1) is 65.2. The number of nitrogens with one attached hydrogen (secondary N) is 5. The standard InChI is InChI=1S/C25H26N4O3S2.C23H20ClN3O3S2.C21H19N3O2S2/c1-28(2)15-24(31)26-16-6-7-20-22(12-16)33-21-5-3-4-18(25(21)34-20)19-13-17(14-23(30)27-19)29-8-10-32-11-9-29;24-13-22(29)25-14-4-5-18-20(10-14)31-19-3-1-2-16(23(19)32-18)17-11-15(12-21(28)26-17)27-6-8-30-9-7-27;22-13-4-5-17-19(10-13)27-18-3-1-2-15(21(18)28-17)16-11-14(12-20(25)23-16)24-6-8-26-9-7-24/h3-7,12-14H,8-11,15H2,1-2H3,(H,26,31)(H,27,30);1-5,10-12H,6-9,13H2,(H,25,29)(H,26,28);1-5,10-12H,6-9,22H2,(H,23,25). The van der Waals surface area contributed by atoms with Gasteiger partial charge in [-0.25, -0.2) is 0 Å². The summed E-state index contributed by atoms with van der Waals surface area (Å²) in [7, 11) is 3.74. The molecule has 0 bridgehead atoms. The van der Waals surface area contributed by atoms with Gasteiger partial charge in [-0.2, -0.15) is 0 Å². The largest absolute Gasteiger partial charge is 0.399 e. The molecule has 3 fully saturated rings. The van der Waals surface area contributed by atoms with Gasteiger partial charge in [0, 0.05) is 167 Å². The molecule has 7 N–H and O–H groups in total. The normalized spacial score (nSPS) is 15.3. The second-order valence-corrected chi connectivity index (χ2v) is 29.3. The van der Waals surface area contributed by atoms with Crippen molar-refractivity contribution in [3.05, 3.63) is 177 Å². The van der Waals surface area contributed by atoms with E-state index in [2.05, 4.69) is 88.8 Å². The number of hydrogen-bond acceptors (Lipinski definition) is 19. The maximum Gasteiger partial charge on any atom is 0.250 e. The minimum Gasteiger partial charge on any atom is -0.399 e. The summed E-state index contributed by atoms with van der Waals surface area (Å²) in [6.45, 7) is 9.10. The molecule has 0 unspecified atom stereocenters. The van der Waals surface area contributed by atoms with Crippen LogP contribution < -0.4 is 47.7 Å². The van der Waals surface area contributed by atoms with Crippen molar-refractivity contribution in [3.8, 4) is 33.8 Å². The smallest absolute Gasteiger partial charge is 0.250 e. The van der Waals surface area contributed by atoms with Crippen molar-refractivity contribution in [2.24, 2.45) is 0 Å². The number of alkyl halides is 1. The highest BCUT2D eigenvalue weighted by atomic mass is 35.5. The van der Waals surface area contributed by atoms with Gasteiger partial charge in [-0.1, -0.05) is 107 Å². The minimum absolute atomic E-state index is 0.0368. The van der Waals surface area contributed by atoms with Crippen LogP contribution in [0.5, 0.6) is 0 Å². The summed E-state index contributed by atoms with van der Waals surface area (Å²) >= 11 is 15.7. The van der Waals surface area contributed by atoms with Crippen LogP contribution in [0.25, 0.3) is 33.8 Å². The number of benzene rings is 6. The van der Waals surface area contributed by atoms with Gasteiger partial charge in [0.25, 0.3) is 0 Å². The van der Waals surface area contributed by atoms with Gasteiger partial charge >= 0.3 is 0 Å². The zero-order valence-corrected chi connectivity index (χ0v) is 56.9. The Morgan fingerprint density at radius 2 is 0.798 bits per heavy atom. The van der Waals surface area contributed by atoms with E-state index in [4.69, 9.17) is 31.5 Å². The molecule has 0 saturated carbocycles. The molecule has 6 aliphatic rings. The number of carbonyl (C=O) groups is 2. The molecule has 18 nitrogen and oxygen atoms in total. The quantitative estimate of drug-likeness (QED) is 0.0523. The number of nitrogens with two attached hydrogens (primary N) is 1. The van der Waals surface area contributed by atoms with Crippen molar-refractivity contribution in [3.63, 3.8) is 0 Å². The molecule has 15 rings (SSSR count). The van der Waals surface area contributed by atoms with E-state index < -0.39 is 0 Å². The van der Waals surface area contributed by atoms with Gasteiger partial charge in [-0.15, -0.1) is 11.6 Å². The van der Waals surface area contributed by atoms with Crippen molar-refractivity contribution < 1.29 is 23.8 Å². The SMILES string of the molecule is CN(C)CC(=O)Nc1ccc2c(c1)Sc1cccc(-c3cc(N4CCOCC4)cc(=O)[nH]3)c1S2.Nc1ccc2c(c1)Sc1cccc(-c3cc(N4CCOCC4)cc(=O)[nH]3)c1S2.O=C(CCl)Nc1ccc2c(c1)Sc1cccc(-c3cc(N4CCOCC4)cc(=O)[nH]3)c1S2. The molecular weight excluding hydrogens is 1320 g/mol. The summed E-state index contributed by atoms with van der Waals surface area (Å²) < 4.78 is 16.3. The summed E-state index contributed by atoms with van der Waals surface area (Å²) in [5.74, 6) is -0.343. The number of morpholine rings is 3. The number of hydrogen-bond donors (Lipinski definition) is 6. The number of amides is 2. The first-order chi connectivity index (χ1) is 45.7. The van der Waals surface area contributed by atoms with E-state index in [1.165, 1.54) is 19.6 Å².